The topological polar surface area (TPSA) is 88.4 Å². The molecule has 1 heterocycles. The number of amides is 2. The Morgan fingerprint density at radius 1 is 1.16 bits per heavy atom. The summed E-state index contributed by atoms with van der Waals surface area (Å²) in [6.07, 6.45) is 1.37. The molecule has 1 aromatic rings. The molecular weight excluding hydrogens is 248 g/mol. The second-order valence-corrected chi connectivity index (χ2v) is 5.11. The van der Waals surface area contributed by atoms with E-state index in [9.17, 15) is 14.4 Å². The normalized spacial score (nSPS) is 10.9. The van der Waals surface area contributed by atoms with E-state index in [1.165, 1.54) is 12.3 Å². The fourth-order valence-corrected chi connectivity index (χ4v) is 1.16. The summed E-state index contributed by atoms with van der Waals surface area (Å²) < 4.78 is 4.87. The van der Waals surface area contributed by atoms with Crippen molar-refractivity contribution >= 4 is 17.6 Å². The van der Waals surface area contributed by atoms with Crippen molar-refractivity contribution < 1.29 is 18.8 Å². The van der Waals surface area contributed by atoms with Gasteiger partial charge < -0.3 is 15.1 Å². The first kappa shape index (κ1) is 14.9. The zero-order valence-electron chi connectivity index (χ0n) is 11.3. The average Bonchev–Trinajstić information content (AvgIpc) is 2.85. The van der Waals surface area contributed by atoms with Gasteiger partial charge in [-0.25, -0.2) is 0 Å². The standard InChI is InChI=1S/C13H18N2O4/c1-13(2,3)10(16)7-14-11(17)8-15-12(18)9-5-4-6-19-9/h4-6H,7-8H2,1-3H3,(H,14,17)(H,15,18). The van der Waals surface area contributed by atoms with Crippen molar-refractivity contribution in [3.63, 3.8) is 0 Å². The molecule has 0 aromatic carbocycles. The molecule has 104 valence electrons. The molecule has 0 unspecified atom stereocenters. The monoisotopic (exact) mass is 266 g/mol. The molecule has 0 aliphatic carbocycles. The summed E-state index contributed by atoms with van der Waals surface area (Å²) in [6.45, 7) is 5.09. The molecule has 6 heteroatoms. The number of carbonyl (C=O) groups excluding carboxylic acids is 3. The Bertz CT molecular complexity index is 457. The highest BCUT2D eigenvalue weighted by Gasteiger charge is 2.21. The van der Waals surface area contributed by atoms with Crippen LogP contribution in [0.3, 0.4) is 0 Å². The number of carbonyl (C=O) groups is 3. The molecule has 19 heavy (non-hydrogen) atoms. The maximum absolute atomic E-state index is 11.6. The van der Waals surface area contributed by atoms with Crippen LogP contribution in [0.5, 0.6) is 0 Å². The third-order valence-corrected chi connectivity index (χ3v) is 2.44. The van der Waals surface area contributed by atoms with Crippen molar-refractivity contribution in [2.75, 3.05) is 13.1 Å². The zero-order valence-corrected chi connectivity index (χ0v) is 11.3. The number of hydrogen-bond donors (Lipinski definition) is 2. The van der Waals surface area contributed by atoms with Gasteiger partial charge in [0.2, 0.25) is 5.91 Å². The van der Waals surface area contributed by atoms with E-state index < -0.39 is 17.2 Å². The first-order valence-corrected chi connectivity index (χ1v) is 5.92. The molecule has 2 N–H and O–H groups in total. The van der Waals surface area contributed by atoms with Gasteiger partial charge in [0.05, 0.1) is 19.4 Å². The van der Waals surface area contributed by atoms with E-state index in [0.29, 0.717) is 0 Å². The van der Waals surface area contributed by atoms with Gasteiger partial charge in [0.15, 0.2) is 11.5 Å². The van der Waals surface area contributed by atoms with Crippen LogP contribution in [0.4, 0.5) is 0 Å². The van der Waals surface area contributed by atoms with Crippen LogP contribution >= 0.6 is 0 Å². The molecule has 6 nitrogen and oxygen atoms in total. The highest BCUT2D eigenvalue weighted by Crippen LogP contribution is 2.13. The summed E-state index contributed by atoms with van der Waals surface area (Å²) in [6, 6.07) is 3.08. The second-order valence-electron chi connectivity index (χ2n) is 5.11. The highest BCUT2D eigenvalue weighted by atomic mass is 16.3. The lowest BCUT2D eigenvalue weighted by Gasteiger charge is -2.16. The lowest BCUT2D eigenvalue weighted by molar-refractivity contribution is -0.128. The Balaban J connectivity index is 2.29. The fraction of sp³-hybridized carbons (Fsp3) is 0.462. The van der Waals surface area contributed by atoms with Crippen LogP contribution in [0, 0.1) is 5.41 Å². The van der Waals surface area contributed by atoms with Crippen LogP contribution in [0.15, 0.2) is 22.8 Å². The van der Waals surface area contributed by atoms with E-state index in [2.05, 4.69) is 10.6 Å². The van der Waals surface area contributed by atoms with Crippen LogP contribution in [0.2, 0.25) is 0 Å². The Labute approximate surface area is 111 Å². The molecule has 0 aliphatic heterocycles. The van der Waals surface area contributed by atoms with Gasteiger partial charge in [0.25, 0.3) is 5.91 Å². The van der Waals surface area contributed by atoms with Crippen molar-refractivity contribution in [3.8, 4) is 0 Å². The average molecular weight is 266 g/mol. The van der Waals surface area contributed by atoms with Gasteiger partial charge in [-0.2, -0.15) is 0 Å². The van der Waals surface area contributed by atoms with Crippen LogP contribution < -0.4 is 10.6 Å². The summed E-state index contributed by atoms with van der Waals surface area (Å²) in [5, 5.41) is 4.85. The molecule has 0 atom stereocenters. The summed E-state index contributed by atoms with van der Waals surface area (Å²) >= 11 is 0. The minimum Gasteiger partial charge on any atom is -0.459 e. The number of nitrogens with one attached hydrogen (secondary N) is 2. The first-order valence-electron chi connectivity index (χ1n) is 5.92. The van der Waals surface area contributed by atoms with Crippen LogP contribution in [-0.4, -0.2) is 30.7 Å². The summed E-state index contributed by atoms with van der Waals surface area (Å²) in [4.78, 5) is 34.5. The van der Waals surface area contributed by atoms with Gasteiger partial charge in [-0.05, 0) is 12.1 Å². The van der Waals surface area contributed by atoms with Gasteiger partial charge in [-0.3, -0.25) is 14.4 Å². The minimum atomic E-state index is -0.495. The Kier molecular flexibility index (Phi) is 4.86. The van der Waals surface area contributed by atoms with Crippen molar-refractivity contribution in [2.45, 2.75) is 20.8 Å². The van der Waals surface area contributed by atoms with E-state index >= 15 is 0 Å². The zero-order chi connectivity index (χ0) is 14.5. The lowest BCUT2D eigenvalue weighted by atomic mass is 9.91. The van der Waals surface area contributed by atoms with E-state index in [1.807, 2.05) is 0 Å². The van der Waals surface area contributed by atoms with E-state index in [1.54, 1.807) is 26.8 Å². The van der Waals surface area contributed by atoms with Crippen molar-refractivity contribution in [1.29, 1.82) is 0 Å². The van der Waals surface area contributed by atoms with E-state index in [0.717, 1.165) is 0 Å². The summed E-state index contributed by atoms with van der Waals surface area (Å²) in [7, 11) is 0. The largest absolute Gasteiger partial charge is 0.459 e. The number of hydrogen-bond acceptors (Lipinski definition) is 4. The number of Topliss-reactive ketones (excluding diaryl/α,β-unsaturated/α-hetero) is 1. The smallest absolute Gasteiger partial charge is 0.287 e. The number of rotatable bonds is 5. The lowest BCUT2D eigenvalue weighted by Crippen LogP contribution is -2.41. The molecule has 0 aliphatic rings. The Morgan fingerprint density at radius 2 is 1.84 bits per heavy atom. The molecule has 1 aromatic heterocycles. The molecule has 0 spiro atoms. The molecule has 0 bridgehead atoms. The van der Waals surface area contributed by atoms with Gasteiger partial charge in [0, 0.05) is 5.41 Å². The van der Waals surface area contributed by atoms with E-state index in [4.69, 9.17) is 4.42 Å². The first-order chi connectivity index (χ1) is 8.80. The fourth-order valence-electron chi connectivity index (χ4n) is 1.16. The molecule has 2 amide bonds. The third kappa shape index (κ3) is 4.95. The predicted octanol–water partition coefficient (Wildman–Crippen LogP) is 0.741. The summed E-state index contributed by atoms with van der Waals surface area (Å²) in [5.41, 5.74) is -0.495. The molecular formula is C13H18N2O4. The van der Waals surface area contributed by atoms with Gasteiger partial charge in [0.1, 0.15) is 0 Å². The number of furan rings is 1. The quantitative estimate of drug-likeness (QED) is 0.822. The molecule has 0 saturated carbocycles. The maximum atomic E-state index is 11.6. The maximum Gasteiger partial charge on any atom is 0.287 e. The molecule has 0 saturated heterocycles. The highest BCUT2D eigenvalue weighted by molar-refractivity contribution is 5.95. The van der Waals surface area contributed by atoms with Gasteiger partial charge in [-0.15, -0.1) is 0 Å². The predicted molar refractivity (Wildman–Crippen MR) is 68.5 cm³/mol. The van der Waals surface area contributed by atoms with Crippen LogP contribution in [0.1, 0.15) is 31.3 Å². The minimum absolute atomic E-state index is 0.0427. The van der Waals surface area contributed by atoms with Crippen LogP contribution in [-0.2, 0) is 9.59 Å². The van der Waals surface area contributed by atoms with Gasteiger partial charge in [-0.1, -0.05) is 20.8 Å². The summed E-state index contributed by atoms with van der Waals surface area (Å²) in [5.74, 6) is -0.823. The Morgan fingerprint density at radius 3 is 2.37 bits per heavy atom. The Hall–Kier alpha value is -2.11. The van der Waals surface area contributed by atoms with Crippen LogP contribution in [0.25, 0.3) is 0 Å². The SMILES string of the molecule is CC(C)(C)C(=O)CNC(=O)CNC(=O)c1ccco1. The van der Waals surface area contributed by atoms with E-state index in [-0.39, 0.29) is 24.6 Å². The van der Waals surface area contributed by atoms with Crippen molar-refractivity contribution in [3.05, 3.63) is 24.2 Å². The third-order valence-electron chi connectivity index (χ3n) is 2.44. The molecule has 0 radical (unpaired) electrons. The van der Waals surface area contributed by atoms with Crippen molar-refractivity contribution in [2.24, 2.45) is 5.41 Å². The van der Waals surface area contributed by atoms with Gasteiger partial charge >= 0.3 is 0 Å². The number of ketones is 1. The second kappa shape index (κ2) is 6.17. The molecule has 1 rings (SSSR count). The molecule has 0 fully saturated rings. The van der Waals surface area contributed by atoms with Crippen molar-refractivity contribution in [1.82, 2.24) is 10.6 Å².